The van der Waals surface area contributed by atoms with Crippen molar-refractivity contribution in [3.05, 3.63) is 90.8 Å². The van der Waals surface area contributed by atoms with Gasteiger partial charge in [-0.25, -0.2) is 14.5 Å². The van der Waals surface area contributed by atoms with E-state index in [-0.39, 0.29) is 6.04 Å². The van der Waals surface area contributed by atoms with Gasteiger partial charge in [-0.2, -0.15) is 5.10 Å². The third-order valence-electron chi connectivity index (χ3n) is 5.35. The minimum Gasteiger partial charge on any atom is -0.339 e. The number of aromatic nitrogens is 6. The monoisotopic (exact) mass is 409 g/mol. The summed E-state index contributed by atoms with van der Waals surface area (Å²) >= 11 is 0. The molecule has 1 atom stereocenters. The van der Waals surface area contributed by atoms with Crippen molar-refractivity contribution in [3.63, 3.8) is 0 Å². The topological polar surface area (TPSA) is 83.8 Å². The molecule has 1 unspecified atom stereocenters. The molecular weight excluding hydrogens is 386 g/mol. The molecule has 0 fully saturated rings. The van der Waals surface area contributed by atoms with Crippen molar-refractivity contribution in [3.8, 4) is 22.6 Å². The fourth-order valence-electron chi connectivity index (χ4n) is 3.76. The summed E-state index contributed by atoms with van der Waals surface area (Å²) in [6, 6.07) is 10.2. The third-order valence-corrected chi connectivity index (χ3v) is 5.35. The SMILES string of the molecule is C=CC1=CC=CC(NCc2nc(-c3ccc4ncnn4c3)c(-c3cccc(C)n3)[nH]2)C1. The largest absolute Gasteiger partial charge is 0.339 e. The summed E-state index contributed by atoms with van der Waals surface area (Å²) in [6.45, 7) is 6.48. The first kappa shape index (κ1) is 19.1. The molecule has 1 aliphatic rings. The number of allylic oxidation sites excluding steroid dienone is 3. The standard InChI is InChI=1S/C24H23N7/c1-3-17-7-5-8-19(12-17)25-13-21-29-23(18-10-11-22-26-15-27-31(22)14-18)24(30-21)20-9-4-6-16(2)28-20/h3-11,14-15,19,25H,1,12-13H2,2H3,(H,29,30). The molecule has 4 aromatic heterocycles. The van der Waals surface area contributed by atoms with Crippen LogP contribution in [0, 0.1) is 6.92 Å². The maximum atomic E-state index is 4.92. The van der Waals surface area contributed by atoms with Crippen LogP contribution in [-0.2, 0) is 6.54 Å². The molecule has 4 aromatic rings. The van der Waals surface area contributed by atoms with Crippen molar-refractivity contribution in [1.29, 1.82) is 0 Å². The molecule has 0 bridgehead atoms. The van der Waals surface area contributed by atoms with E-state index < -0.39 is 0 Å². The Balaban J connectivity index is 1.48. The molecule has 5 rings (SSSR count). The number of aromatic amines is 1. The highest BCUT2D eigenvalue weighted by atomic mass is 15.3. The van der Waals surface area contributed by atoms with Crippen molar-refractivity contribution in [2.24, 2.45) is 0 Å². The van der Waals surface area contributed by atoms with Crippen LogP contribution in [0.25, 0.3) is 28.3 Å². The summed E-state index contributed by atoms with van der Waals surface area (Å²) < 4.78 is 1.76. The predicted molar refractivity (Wildman–Crippen MR) is 121 cm³/mol. The summed E-state index contributed by atoms with van der Waals surface area (Å²) in [5.41, 5.74) is 6.54. The summed E-state index contributed by atoms with van der Waals surface area (Å²) in [7, 11) is 0. The molecule has 0 aromatic carbocycles. The van der Waals surface area contributed by atoms with Crippen LogP contribution < -0.4 is 5.32 Å². The summed E-state index contributed by atoms with van der Waals surface area (Å²) in [5, 5.41) is 7.82. The van der Waals surface area contributed by atoms with Crippen LogP contribution >= 0.6 is 0 Å². The van der Waals surface area contributed by atoms with Crippen molar-refractivity contribution in [2.45, 2.75) is 25.9 Å². The summed E-state index contributed by atoms with van der Waals surface area (Å²) in [6.07, 6.45) is 12.6. The molecule has 31 heavy (non-hydrogen) atoms. The number of nitrogens with one attached hydrogen (secondary N) is 2. The second kappa shape index (κ2) is 8.12. The number of aryl methyl sites for hydroxylation is 1. The molecule has 0 radical (unpaired) electrons. The van der Waals surface area contributed by atoms with Gasteiger partial charge in [0.2, 0.25) is 0 Å². The Hall–Kier alpha value is -3.84. The molecule has 0 aliphatic heterocycles. The lowest BCUT2D eigenvalue weighted by Gasteiger charge is -2.17. The van der Waals surface area contributed by atoms with Crippen LogP contribution in [-0.4, -0.2) is 35.6 Å². The van der Waals surface area contributed by atoms with E-state index >= 15 is 0 Å². The van der Waals surface area contributed by atoms with Crippen molar-refractivity contribution >= 4 is 5.65 Å². The first-order chi connectivity index (χ1) is 15.2. The lowest BCUT2D eigenvalue weighted by atomic mass is 10.0. The second-order valence-corrected chi connectivity index (χ2v) is 7.57. The Kier molecular flexibility index (Phi) is 5.01. The molecule has 7 heteroatoms. The van der Waals surface area contributed by atoms with E-state index in [1.54, 1.807) is 10.8 Å². The predicted octanol–water partition coefficient (Wildman–Crippen LogP) is 4.02. The number of fused-ring (bicyclic) bond motifs is 1. The molecule has 0 amide bonds. The van der Waals surface area contributed by atoms with Gasteiger partial charge in [0.25, 0.3) is 0 Å². The van der Waals surface area contributed by atoms with Gasteiger partial charge in [0.15, 0.2) is 5.65 Å². The zero-order chi connectivity index (χ0) is 21.2. The van der Waals surface area contributed by atoms with Crippen LogP contribution in [0.4, 0.5) is 0 Å². The van der Waals surface area contributed by atoms with Gasteiger partial charge in [-0.15, -0.1) is 0 Å². The average Bonchev–Trinajstić information content (AvgIpc) is 3.44. The zero-order valence-electron chi connectivity index (χ0n) is 17.3. The molecular formula is C24H23N7. The van der Waals surface area contributed by atoms with Crippen molar-refractivity contribution in [2.75, 3.05) is 0 Å². The van der Waals surface area contributed by atoms with Gasteiger partial charge in [-0.05, 0) is 43.2 Å². The maximum absolute atomic E-state index is 4.92. The van der Waals surface area contributed by atoms with Gasteiger partial charge >= 0.3 is 0 Å². The van der Waals surface area contributed by atoms with Crippen LogP contribution in [0.5, 0.6) is 0 Å². The molecule has 0 spiro atoms. The lowest BCUT2D eigenvalue weighted by molar-refractivity contribution is 0.575. The minimum absolute atomic E-state index is 0.249. The Labute approximate surface area is 180 Å². The zero-order valence-corrected chi connectivity index (χ0v) is 17.3. The number of pyridine rings is 2. The highest BCUT2D eigenvalue weighted by Gasteiger charge is 2.17. The van der Waals surface area contributed by atoms with E-state index in [1.165, 1.54) is 5.57 Å². The highest BCUT2D eigenvalue weighted by Crippen LogP contribution is 2.29. The number of hydrogen-bond acceptors (Lipinski definition) is 5. The molecule has 7 nitrogen and oxygen atoms in total. The highest BCUT2D eigenvalue weighted by molar-refractivity contribution is 5.77. The van der Waals surface area contributed by atoms with Crippen LogP contribution in [0.2, 0.25) is 0 Å². The number of nitrogens with zero attached hydrogens (tertiary/aromatic N) is 5. The Morgan fingerprint density at radius 3 is 3.06 bits per heavy atom. The third kappa shape index (κ3) is 3.95. The minimum atomic E-state index is 0.249. The fraction of sp³-hybridized carbons (Fsp3) is 0.167. The molecule has 0 saturated heterocycles. The van der Waals surface area contributed by atoms with Gasteiger partial charge in [0.05, 0.1) is 23.6 Å². The fourth-order valence-corrected chi connectivity index (χ4v) is 3.76. The second-order valence-electron chi connectivity index (χ2n) is 7.57. The molecule has 2 N–H and O–H groups in total. The van der Waals surface area contributed by atoms with Gasteiger partial charge < -0.3 is 10.3 Å². The van der Waals surface area contributed by atoms with Gasteiger partial charge in [-0.3, -0.25) is 4.98 Å². The van der Waals surface area contributed by atoms with Gasteiger partial charge in [0.1, 0.15) is 12.2 Å². The Bertz CT molecular complexity index is 1310. The van der Waals surface area contributed by atoms with E-state index in [4.69, 9.17) is 9.97 Å². The average molecular weight is 409 g/mol. The quantitative estimate of drug-likeness (QED) is 0.503. The van der Waals surface area contributed by atoms with Crippen molar-refractivity contribution in [1.82, 2.24) is 34.9 Å². The van der Waals surface area contributed by atoms with Crippen LogP contribution in [0.1, 0.15) is 17.9 Å². The van der Waals surface area contributed by atoms with Crippen LogP contribution in [0.15, 0.2) is 79.3 Å². The summed E-state index contributed by atoms with van der Waals surface area (Å²) in [4.78, 5) is 17.4. The van der Waals surface area contributed by atoms with E-state index in [1.807, 2.05) is 49.5 Å². The van der Waals surface area contributed by atoms with Crippen molar-refractivity contribution < 1.29 is 0 Å². The van der Waals surface area contributed by atoms with Gasteiger partial charge in [0, 0.05) is 23.5 Å². The van der Waals surface area contributed by atoms with E-state index in [0.717, 1.165) is 46.2 Å². The lowest BCUT2D eigenvalue weighted by Crippen LogP contribution is -2.28. The number of H-pyrrole nitrogens is 1. The number of hydrogen-bond donors (Lipinski definition) is 2. The number of imidazole rings is 1. The normalized spacial score (nSPS) is 15.9. The van der Waals surface area contributed by atoms with Gasteiger partial charge in [-0.1, -0.05) is 36.9 Å². The van der Waals surface area contributed by atoms with E-state index in [2.05, 4.69) is 45.2 Å². The molecule has 4 heterocycles. The maximum Gasteiger partial charge on any atom is 0.155 e. The molecule has 0 saturated carbocycles. The molecule has 1 aliphatic carbocycles. The van der Waals surface area contributed by atoms with E-state index in [0.29, 0.717) is 6.54 Å². The molecule has 154 valence electrons. The van der Waals surface area contributed by atoms with E-state index in [9.17, 15) is 0 Å². The Morgan fingerprint density at radius 2 is 2.19 bits per heavy atom. The van der Waals surface area contributed by atoms with Crippen LogP contribution in [0.3, 0.4) is 0 Å². The first-order valence-electron chi connectivity index (χ1n) is 10.3. The smallest absolute Gasteiger partial charge is 0.155 e. The summed E-state index contributed by atoms with van der Waals surface area (Å²) in [5.74, 6) is 0.857. The number of rotatable bonds is 6. The first-order valence-corrected chi connectivity index (χ1v) is 10.3. The Morgan fingerprint density at radius 1 is 1.26 bits per heavy atom.